The molecule has 3 heterocycles. The summed E-state index contributed by atoms with van der Waals surface area (Å²) < 4.78 is 8.17. The summed E-state index contributed by atoms with van der Waals surface area (Å²) in [6, 6.07) is 3.77. The molecule has 170 valence electrons. The van der Waals surface area contributed by atoms with E-state index >= 15 is 0 Å². The molecule has 0 bridgehead atoms. The van der Waals surface area contributed by atoms with Gasteiger partial charge in [0, 0.05) is 50.9 Å². The van der Waals surface area contributed by atoms with Crippen LogP contribution in [0.5, 0.6) is 0 Å². The second-order valence-corrected chi connectivity index (χ2v) is 8.51. The Labute approximate surface area is 184 Å². The summed E-state index contributed by atoms with van der Waals surface area (Å²) in [6.07, 6.45) is 6.36. The number of pyridine rings is 1. The number of hydrogen-bond donors (Lipinski definition) is 1. The number of carbonyl (C=O) groups is 1. The number of nitrogens with zero attached hydrogens (tertiary/aromatic N) is 6. The molecular weight excluding hydrogens is 396 g/mol. The maximum atomic E-state index is 12.9. The molecule has 2 aromatic rings. The van der Waals surface area contributed by atoms with Crippen LogP contribution < -0.4 is 0 Å². The lowest BCUT2D eigenvalue weighted by atomic mass is 10.0. The number of fused-ring (bicyclic) bond motifs is 1. The van der Waals surface area contributed by atoms with Gasteiger partial charge < -0.3 is 14.7 Å². The summed E-state index contributed by atoms with van der Waals surface area (Å²) in [7, 11) is 2.06. The second-order valence-electron chi connectivity index (χ2n) is 8.51. The highest BCUT2D eigenvalue weighted by Gasteiger charge is 2.28. The van der Waals surface area contributed by atoms with E-state index in [1.54, 1.807) is 17.3 Å². The predicted octanol–water partition coefficient (Wildman–Crippen LogP) is 1.33. The number of carbonyl (C=O) groups excluding carboxylic acids is 1. The van der Waals surface area contributed by atoms with Crippen LogP contribution in [0.4, 0.5) is 0 Å². The number of rotatable bonds is 6. The second kappa shape index (κ2) is 11.3. The van der Waals surface area contributed by atoms with E-state index in [4.69, 9.17) is 4.74 Å². The number of aryl methyl sites for hydroxylation is 1. The molecule has 1 aliphatic rings. The van der Waals surface area contributed by atoms with E-state index in [0.717, 1.165) is 17.8 Å². The van der Waals surface area contributed by atoms with Gasteiger partial charge in [-0.05, 0) is 32.0 Å². The van der Waals surface area contributed by atoms with Crippen molar-refractivity contribution in [2.24, 2.45) is 5.92 Å². The molecule has 0 saturated heterocycles. The van der Waals surface area contributed by atoms with Crippen molar-refractivity contribution in [3.05, 3.63) is 42.0 Å². The van der Waals surface area contributed by atoms with Crippen molar-refractivity contribution in [3.63, 3.8) is 0 Å². The topological polar surface area (TPSA) is 96.6 Å². The number of aliphatic hydroxyl groups is 1. The molecule has 2 aromatic heterocycles. The standard InChI is InChI=1S/C22H34N6O3/c1-17-12-27(18(2)15-29)22(30)7-5-9-28-20(11-24-25-28)16-31-21(17)14-26(3)13-19-6-4-8-23-10-19/h4,6,8,10-11,17-18,21,29H,5,7,9,12-16H2,1-3H3/t17-,18+,21-/m0/s1. The van der Waals surface area contributed by atoms with Crippen LogP contribution >= 0.6 is 0 Å². The van der Waals surface area contributed by atoms with Crippen LogP contribution in [0.3, 0.4) is 0 Å². The predicted molar refractivity (Wildman–Crippen MR) is 116 cm³/mol. The molecule has 0 saturated carbocycles. The first-order chi connectivity index (χ1) is 15.0. The Morgan fingerprint density at radius 3 is 2.97 bits per heavy atom. The van der Waals surface area contributed by atoms with Crippen LogP contribution in [-0.2, 0) is 29.2 Å². The maximum Gasteiger partial charge on any atom is 0.222 e. The first-order valence-corrected chi connectivity index (χ1v) is 10.9. The van der Waals surface area contributed by atoms with E-state index in [9.17, 15) is 9.90 Å². The number of hydrogen-bond acceptors (Lipinski definition) is 7. The highest BCUT2D eigenvalue weighted by atomic mass is 16.5. The molecule has 0 fully saturated rings. The average molecular weight is 431 g/mol. The first kappa shape index (κ1) is 23.3. The van der Waals surface area contributed by atoms with Crippen molar-refractivity contribution in [2.75, 3.05) is 26.7 Å². The molecule has 1 amide bonds. The van der Waals surface area contributed by atoms with E-state index in [2.05, 4.69) is 40.2 Å². The molecule has 9 nitrogen and oxygen atoms in total. The van der Waals surface area contributed by atoms with E-state index in [1.807, 2.05) is 23.9 Å². The van der Waals surface area contributed by atoms with Gasteiger partial charge in [-0.15, -0.1) is 5.10 Å². The van der Waals surface area contributed by atoms with Crippen molar-refractivity contribution in [1.29, 1.82) is 0 Å². The molecule has 9 heteroatoms. The Morgan fingerprint density at radius 2 is 2.23 bits per heavy atom. The van der Waals surface area contributed by atoms with Gasteiger partial charge >= 0.3 is 0 Å². The van der Waals surface area contributed by atoms with Crippen LogP contribution in [0, 0.1) is 5.92 Å². The van der Waals surface area contributed by atoms with Crippen LogP contribution in [0.15, 0.2) is 30.7 Å². The summed E-state index contributed by atoms with van der Waals surface area (Å²) in [6.45, 7) is 6.98. The Morgan fingerprint density at radius 1 is 1.39 bits per heavy atom. The third-order valence-electron chi connectivity index (χ3n) is 5.81. The summed E-state index contributed by atoms with van der Waals surface area (Å²) in [5, 5.41) is 17.9. The summed E-state index contributed by atoms with van der Waals surface area (Å²) in [5.41, 5.74) is 2.06. The first-order valence-electron chi connectivity index (χ1n) is 10.9. The molecule has 0 radical (unpaired) electrons. The molecule has 3 rings (SSSR count). The molecule has 0 unspecified atom stereocenters. The van der Waals surface area contributed by atoms with Crippen molar-refractivity contribution >= 4 is 5.91 Å². The zero-order valence-corrected chi connectivity index (χ0v) is 18.7. The molecule has 1 aliphatic heterocycles. The minimum Gasteiger partial charge on any atom is -0.394 e. The number of ether oxygens (including phenoxy) is 1. The van der Waals surface area contributed by atoms with Gasteiger partial charge in [0.1, 0.15) is 0 Å². The molecule has 1 N–H and O–H groups in total. The van der Waals surface area contributed by atoms with Gasteiger partial charge in [-0.25, -0.2) is 4.68 Å². The maximum absolute atomic E-state index is 12.9. The number of likely N-dealkylation sites (N-methyl/N-ethyl adjacent to an activating group) is 1. The summed E-state index contributed by atoms with van der Waals surface area (Å²) in [5.74, 6) is 0.135. The van der Waals surface area contributed by atoms with Gasteiger partial charge in [-0.1, -0.05) is 18.2 Å². The van der Waals surface area contributed by atoms with Crippen molar-refractivity contribution in [3.8, 4) is 0 Å². The molecular formula is C22H34N6O3. The third-order valence-corrected chi connectivity index (χ3v) is 5.81. The van der Waals surface area contributed by atoms with Crippen LogP contribution in [0.1, 0.15) is 37.9 Å². The van der Waals surface area contributed by atoms with Crippen LogP contribution in [0.2, 0.25) is 0 Å². The van der Waals surface area contributed by atoms with E-state index < -0.39 is 0 Å². The zero-order valence-electron chi connectivity index (χ0n) is 18.7. The highest BCUT2D eigenvalue weighted by molar-refractivity contribution is 5.76. The summed E-state index contributed by atoms with van der Waals surface area (Å²) >= 11 is 0. The van der Waals surface area contributed by atoms with Gasteiger partial charge in [-0.2, -0.15) is 0 Å². The molecule has 3 atom stereocenters. The average Bonchev–Trinajstić information content (AvgIpc) is 3.21. The molecule has 0 aliphatic carbocycles. The molecule has 0 aromatic carbocycles. The Balaban J connectivity index is 1.77. The number of amides is 1. The Hall–Kier alpha value is -2.36. The van der Waals surface area contributed by atoms with Gasteiger partial charge in [0.05, 0.1) is 37.3 Å². The number of aromatic nitrogens is 4. The fraction of sp³-hybridized carbons (Fsp3) is 0.636. The van der Waals surface area contributed by atoms with Gasteiger partial charge in [0.15, 0.2) is 0 Å². The third kappa shape index (κ3) is 6.56. The van der Waals surface area contributed by atoms with Crippen molar-refractivity contribution < 1.29 is 14.6 Å². The van der Waals surface area contributed by atoms with Gasteiger partial charge in [0.25, 0.3) is 0 Å². The lowest BCUT2D eigenvalue weighted by Gasteiger charge is -2.35. The van der Waals surface area contributed by atoms with Crippen LogP contribution in [0.25, 0.3) is 0 Å². The van der Waals surface area contributed by atoms with E-state index in [0.29, 0.717) is 39.1 Å². The van der Waals surface area contributed by atoms with E-state index in [1.165, 1.54) is 0 Å². The van der Waals surface area contributed by atoms with Gasteiger partial charge in [-0.3, -0.25) is 14.7 Å². The van der Waals surface area contributed by atoms with E-state index in [-0.39, 0.29) is 30.6 Å². The lowest BCUT2D eigenvalue weighted by molar-refractivity contribution is -0.136. The monoisotopic (exact) mass is 430 g/mol. The molecule has 0 spiro atoms. The Kier molecular flexibility index (Phi) is 8.51. The van der Waals surface area contributed by atoms with Crippen molar-refractivity contribution in [1.82, 2.24) is 29.8 Å². The Bertz CT molecular complexity index is 815. The minimum atomic E-state index is -0.228. The largest absolute Gasteiger partial charge is 0.394 e. The molecule has 31 heavy (non-hydrogen) atoms. The van der Waals surface area contributed by atoms with Crippen molar-refractivity contribution in [2.45, 2.75) is 58.5 Å². The smallest absolute Gasteiger partial charge is 0.222 e. The number of aliphatic hydroxyl groups excluding tert-OH is 1. The fourth-order valence-corrected chi connectivity index (χ4v) is 3.92. The SMILES string of the molecule is C[C@H](CO)N1C[C@H](C)[C@H](CN(C)Cc2cccnc2)OCc2cnnn2CCCC1=O. The quantitative estimate of drug-likeness (QED) is 0.738. The minimum absolute atomic E-state index is 0.0538. The normalized spacial score (nSPS) is 22.0. The fourth-order valence-electron chi connectivity index (χ4n) is 3.92. The van der Waals surface area contributed by atoms with Crippen LogP contribution in [-0.4, -0.2) is 79.7 Å². The summed E-state index contributed by atoms with van der Waals surface area (Å²) in [4.78, 5) is 21.1. The highest BCUT2D eigenvalue weighted by Crippen LogP contribution is 2.18. The van der Waals surface area contributed by atoms with Gasteiger partial charge in [0.2, 0.25) is 5.91 Å². The lowest BCUT2D eigenvalue weighted by Crippen LogP contribution is -2.47. The zero-order chi connectivity index (χ0) is 22.2.